The van der Waals surface area contributed by atoms with Crippen molar-refractivity contribution in [3.05, 3.63) is 28.9 Å². The Balaban J connectivity index is 2.43. The molecule has 0 saturated carbocycles. The highest BCUT2D eigenvalue weighted by atomic mass is 79.9. The fourth-order valence-electron chi connectivity index (χ4n) is 1.54. The molecule has 0 radical (unpaired) electrons. The van der Waals surface area contributed by atoms with Crippen LogP contribution >= 0.6 is 15.9 Å². The maximum atomic E-state index is 5.88. The number of fused-ring (bicyclic) bond motifs is 1. The third-order valence-electron chi connectivity index (χ3n) is 2.34. The standard InChI is InChI=1S/C12H13BrN2O2/c1-16-4-5-17-12-9-6-8(13)2-3-11(9)15-7-10(12)14/h2-3,6-7H,4-5,14H2,1H3. The largest absolute Gasteiger partial charge is 0.488 e. The summed E-state index contributed by atoms with van der Waals surface area (Å²) in [6.07, 6.45) is 1.61. The number of hydrogen-bond donors (Lipinski definition) is 1. The number of nitrogen functional groups attached to an aromatic ring is 1. The van der Waals surface area contributed by atoms with Gasteiger partial charge in [-0.15, -0.1) is 0 Å². The molecule has 17 heavy (non-hydrogen) atoms. The molecule has 1 aromatic carbocycles. The smallest absolute Gasteiger partial charge is 0.153 e. The van der Waals surface area contributed by atoms with Gasteiger partial charge >= 0.3 is 0 Å². The maximum absolute atomic E-state index is 5.88. The number of nitrogens with two attached hydrogens (primary N) is 1. The van der Waals surface area contributed by atoms with Gasteiger partial charge in [-0.2, -0.15) is 0 Å². The number of pyridine rings is 1. The number of anilines is 1. The van der Waals surface area contributed by atoms with Crippen LogP contribution < -0.4 is 10.5 Å². The molecule has 0 atom stereocenters. The van der Waals surface area contributed by atoms with Crippen molar-refractivity contribution < 1.29 is 9.47 Å². The van der Waals surface area contributed by atoms with Gasteiger partial charge in [0.25, 0.3) is 0 Å². The van der Waals surface area contributed by atoms with Crippen LogP contribution in [0.4, 0.5) is 5.69 Å². The fraction of sp³-hybridized carbons (Fsp3) is 0.250. The number of rotatable bonds is 4. The van der Waals surface area contributed by atoms with Crippen LogP contribution in [0.1, 0.15) is 0 Å². The van der Waals surface area contributed by atoms with Gasteiger partial charge in [-0.1, -0.05) is 15.9 Å². The van der Waals surface area contributed by atoms with E-state index in [0.29, 0.717) is 24.7 Å². The molecular weight excluding hydrogens is 284 g/mol. The molecule has 2 rings (SSSR count). The van der Waals surface area contributed by atoms with Crippen LogP contribution in [0.5, 0.6) is 5.75 Å². The molecule has 0 aliphatic carbocycles. The third kappa shape index (κ3) is 2.68. The first-order chi connectivity index (χ1) is 8.22. The molecule has 2 aromatic rings. The Bertz CT molecular complexity index is 526. The number of benzene rings is 1. The number of hydrogen-bond acceptors (Lipinski definition) is 4. The van der Waals surface area contributed by atoms with E-state index in [1.807, 2.05) is 18.2 Å². The van der Waals surface area contributed by atoms with Crippen molar-refractivity contribution in [2.75, 3.05) is 26.1 Å². The average molecular weight is 297 g/mol. The number of aromatic nitrogens is 1. The second kappa shape index (κ2) is 5.33. The van der Waals surface area contributed by atoms with Crippen molar-refractivity contribution >= 4 is 32.5 Å². The van der Waals surface area contributed by atoms with Crippen molar-refractivity contribution in [1.29, 1.82) is 0 Å². The van der Waals surface area contributed by atoms with E-state index in [9.17, 15) is 0 Å². The lowest BCUT2D eigenvalue weighted by Crippen LogP contribution is -2.06. The average Bonchev–Trinajstić information content (AvgIpc) is 2.32. The summed E-state index contributed by atoms with van der Waals surface area (Å²) in [6.45, 7) is 0.990. The summed E-state index contributed by atoms with van der Waals surface area (Å²) in [5.41, 5.74) is 7.27. The van der Waals surface area contributed by atoms with Crippen LogP contribution in [0, 0.1) is 0 Å². The van der Waals surface area contributed by atoms with Crippen molar-refractivity contribution in [3.63, 3.8) is 0 Å². The van der Waals surface area contributed by atoms with E-state index in [0.717, 1.165) is 15.4 Å². The highest BCUT2D eigenvalue weighted by Crippen LogP contribution is 2.32. The fourth-order valence-corrected chi connectivity index (χ4v) is 1.91. The van der Waals surface area contributed by atoms with Gasteiger partial charge in [-0.25, -0.2) is 0 Å². The van der Waals surface area contributed by atoms with E-state index in [2.05, 4.69) is 20.9 Å². The summed E-state index contributed by atoms with van der Waals surface area (Å²) >= 11 is 3.42. The van der Waals surface area contributed by atoms with Crippen molar-refractivity contribution in [2.45, 2.75) is 0 Å². The number of halogens is 1. The van der Waals surface area contributed by atoms with E-state index < -0.39 is 0 Å². The molecule has 90 valence electrons. The summed E-state index contributed by atoms with van der Waals surface area (Å²) in [7, 11) is 1.63. The zero-order valence-electron chi connectivity index (χ0n) is 9.44. The maximum Gasteiger partial charge on any atom is 0.153 e. The third-order valence-corrected chi connectivity index (χ3v) is 2.84. The Morgan fingerprint density at radius 3 is 2.94 bits per heavy atom. The van der Waals surface area contributed by atoms with E-state index >= 15 is 0 Å². The Morgan fingerprint density at radius 1 is 1.35 bits per heavy atom. The number of nitrogens with zero attached hydrogens (tertiary/aromatic N) is 1. The SMILES string of the molecule is COCCOc1c(N)cnc2ccc(Br)cc12. The van der Waals surface area contributed by atoms with Gasteiger partial charge in [0.05, 0.1) is 24.0 Å². The summed E-state index contributed by atoms with van der Waals surface area (Å²) < 4.78 is 11.5. The molecule has 0 unspecified atom stereocenters. The quantitative estimate of drug-likeness (QED) is 0.881. The minimum absolute atomic E-state index is 0.465. The van der Waals surface area contributed by atoms with Crippen molar-refractivity contribution in [3.8, 4) is 5.75 Å². The van der Waals surface area contributed by atoms with Gasteiger partial charge in [-0.3, -0.25) is 4.98 Å². The van der Waals surface area contributed by atoms with Crippen LogP contribution in [0.25, 0.3) is 10.9 Å². The van der Waals surface area contributed by atoms with Crippen molar-refractivity contribution in [2.24, 2.45) is 0 Å². The highest BCUT2D eigenvalue weighted by molar-refractivity contribution is 9.10. The molecule has 4 nitrogen and oxygen atoms in total. The first-order valence-electron chi connectivity index (χ1n) is 5.18. The zero-order chi connectivity index (χ0) is 12.3. The molecule has 1 aromatic heterocycles. The normalized spacial score (nSPS) is 10.7. The van der Waals surface area contributed by atoms with E-state index in [1.165, 1.54) is 0 Å². The van der Waals surface area contributed by atoms with Gasteiger partial charge in [0, 0.05) is 17.0 Å². The second-order valence-electron chi connectivity index (χ2n) is 3.55. The summed E-state index contributed by atoms with van der Waals surface area (Å²) in [5, 5.41) is 0.899. The van der Waals surface area contributed by atoms with Gasteiger partial charge in [-0.05, 0) is 18.2 Å². The first-order valence-corrected chi connectivity index (χ1v) is 5.97. The lowest BCUT2D eigenvalue weighted by molar-refractivity contribution is 0.147. The van der Waals surface area contributed by atoms with Gasteiger partial charge in [0.15, 0.2) is 5.75 Å². The molecular formula is C12H13BrN2O2. The minimum Gasteiger partial charge on any atom is -0.488 e. The first kappa shape index (κ1) is 12.1. The molecule has 0 fully saturated rings. The van der Waals surface area contributed by atoms with E-state index in [1.54, 1.807) is 13.3 Å². The molecule has 2 N–H and O–H groups in total. The lowest BCUT2D eigenvalue weighted by atomic mass is 10.2. The van der Waals surface area contributed by atoms with Crippen LogP contribution in [-0.4, -0.2) is 25.3 Å². The van der Waals surface area contributed by atoms with E-state index in [-0.39, 0.29) is 0 Å². The van der Waals surface area contributed by atoms with Crippen LogP contribution in [-0.2, 0) is 4.74 Å². The zero-order valence-corrected chi connectivity index (χ0v) is 11.0. The van der Waals surface area contributed by atoms with Crippen LogP contribution in [0.3, 0.4) is 0 Å². The summed E-state index contributed by atoms with van der Waals surface area (Å²) in [6, 6.07) is 5.80. The van der Waals surface area contributed by atoms with Crippen molar-refractivity contribution in [1.82, 2.24) is 4.98 Å². The minimum atomic E-state index is 0.465. The topological polar surface area (TPSA) is 57.4 Å². The Morgan fingerprint density at radius 2 is 2.18 bits per heavy atom. The Kier molecular flexibility index (Phi) is 3.81. The molecule has 0 aliphatic heterocycles. The lowest BCUT2D eigenvalue weighted by Gasteiger charge is -2.11. The molecule has 1 heterocycles. The second-order valence-corrected chi connectivity index (χ2v) is 4.46. The van der Waals surface area contributed by atoms with E-state index in [4.69, 9.17) is 15.2 Å². The Hall–Kier alpha value is -1.33. The molecule has 0 spiro atoms. The molecule has 0 saturated heterocycles. The highest BCUT2D eigenvalue weighted by Gasteiger charge is 2.08. The van der Waals surface area contributed by atoms with Gasteiger partial charge in [0.2, 0.25) is 0 Å². The summed E-state index contributed by atoms with van der Waals surface area (Å²) in [4.78, 5) is 4.25. The number of ether oxygens (including phenoxy) is 2. The molecule has 5 heteroatoms. The molecule has 0 bridgehead atoms. The predicted octanol–water partition coefficient (Wildman–Crippen LogP) is 2.60. The van der Waals surface area contributed by atoms with Crippen LogP contribution in [0.2, 0.25) is 0 Å². The number of methoxy groups -OCH3 is 1. The van der Waals surface area contributed by atoms with Gasteiger partial charge < -0.3 is 15.2 Å². The van der Waals surface area contributed by atoms with Crippen LogP contribution in [0.15, 0.2) is 28.9 Å². The van der Waals surface area contributed by atoms with Gasteiger partial charge in [0.1, 0.15) is 6.61 Å². The Labute approximate surface area is 108 Å². The molecule has 0 aliphatic rings. The summed E-state index contributed by atoms with van der Waals surface area (Å²) in [5.74, 6) is 0.661. The molecule has 0 amide bonds. The monoisotopic (exact) mass is 296 g/mol. The predicted molar refractivity (Wildman–Crippen MR) is 71.2 cm³/mol.